The summed E-state index contributed by atoms with van der Waals surface area (Å²) in [7, 11) is 1.72. The number of methoxy groups -OCH3 is 1. The summed E-state index contributed by atoms with van der Waals surface area (Å²) in [5.41, 5.74) is 3.15. The number of ether oxygens (including phenoxy) is 1. The number of hydrogen-bond acceptors (Lipinski definition) is 3. The van der Waals surface area contributed by atoms with Gasteiger partial charge in [0, 0.05) is 24.9 Å². The number of carbonyl (C=O) groups excluding carboxylic acids is 1. The average Bonchev–Trinajstić information content (AvgIpc) is 3.05. The van der Waals surface area contributed by atoms with Crippen LogP contribution in [0.2, 0.25) is 0 Å². The summed E-state index contributed by atoms with van der Waals surface area (Å²) in [4.78, 5) is 12.3. The summed E-state index contributed by atoms with van der Waals surface area (Å²) in [5, 5.41) is 6.41. The Bertz CT molecular complexity index is 487. The maximum atomic E-state index is 12.3. The summed E-state index contributed by atoms with van der Waals surface area (Å²) in [6, 6.07) is 6.05. The Morgan fingerprint density at radius 1 is 1.42 bits per heavy atom. The molecule has 1 aliphatic carbocycles. The number of anilines is 1. The summed E-state index contributed by atoms with van der Waals surface area (Å²) < 4.78 is 5.41. The fourth-order valence-corrected chi connectivity index (χ4v) is 3.07. The first-order chi connectivity index (χ1) is 9.28. The van der Waals surface area contributed by atoms with Gasteiger partial charge in [-0.2, -0.15) is 0 Å². The van der Waals surface area contributed by atoms with Crippen LogP contribution in [0.4, 0.5) is 5.69 Å². The van der Waals surface area contributed by atoms with E-state index in [1.165, 1.54) is 5.56 Å². The van der Waals surface area contributed by atoms with E-state index in [4.69, 9.17) is 4.74 Å². The zero-order valence-electron chi connectivity index (χ0n) is 11.2. The van der Waals surface area contributed by atoms with Crippen LogP contribution in [0.3, 0.4) is 0 Å². The van der Waals surface area contributed by atoms with Crippen LogP contribution in [0.15, 0.2) is 18.2 Å². The van der Waals surface area contributed by atoms with Gasteiger partial charge < -0.3 is 15.4 Å². The number of amides is 1. The second-order valence-electron chi connectivity index (χ2n) is 5.33. The Hall–Kier alpha value is -1.55. The largest absolute Gasteiger partial charge is 0.384 e. The van der Waals surface area contributed by atoms with Crippen molar-refractivity contribution in [2.75, 3.05) is 19.0 Å². The van der Waals surface area contributed by atoms with Crippen molar-refractivity contribution in [1.29, 1.82) is 0 Å². The van der Waals surface area contributed by atoms with Crippen LogP contribution < -0.4 is 10.6 Å². The predicted molar refractivity (Wildman–Crippen MR) is 74.5 cm³/mol. The molecule has 0 bridgehead atoms. The molecule has 3 rings (SSSR count). The summed E-state index contributed by atoms with van der Waals surface area (Å²) in [6.07, 6.45) is 4.34. The number of benzene rings is 1. The third-order valence-corrected chi connectivity index (χ3v) is 4.15. The molecule has 1 heterocycles. The fourth-order valence-electron chi connectivity index (χ4n) is 3.07. The van der Waals surface area contributed by atoms with E-state index in [1.54, 1.807) is 7.11 Å². The monoisotopic (exact) mass is 260 g/mol. The van der Waals surface area contributed by atoms with Gasteiger partial charge in [0.25, 0.3) is 5.91 Å². The molecule has 1 aliphatic heterocycles. The fraction of sp³-hybridized carbons (Fsp3) is 0.533. The molecule has 4 nitrogen and oxygen atoms in total. The molecule has 4 heteroatoms. The predicted octanol–water partition coefficient (Wildman–Crippen LogP) is 1.95. The Balaban J connectivity index is 1.70. The highest BCUT2D eigenvalue weighted by molar-refractivity contribution is 5.95. The number of hydrogen-bond donors (Lipinski definition) is 2. The van der Waals surface area contributed by atoms with Crippen LogP contribution in [-0.4, -0.2) is 31.7 Å². The summed E-state index contributed by atoms with van der Waals surface area (Å²) >= 11 is 0. The lowest BCUT2D eigenvalue weighted by atomic mass is 10.1. The molecule has 2 unspecified atom stereocenters. The van der Waals surface area contributed by atoms with Gasteiger partial charge in [-0.1, -0.05) is 0 Å². The van der Waals surface area contributed by atoms with Gasteiger partial charge >= 0.3 is 0 Å². The first kappa shape index (κ1) is 12.5. The number of rotatable bonds is 3. The van der Waals surface area contributed by atoms with Crippen LogP contribution in [-0.2, 0) is 11.2 Å². The lowest BCUT2D eigenvalue weighted by Crippen LogP contribution is -2.40. The lowest BCUT2D eigenvalue weighted by molar-refractivity contribution is 0.0722. The molecule has 1 saturated carbocycles. The number of carbonyl (C=O) groups is 1. The molecule has 1 fully saturated rings. The Labute approximate surface area is 113 Å². The topological polar surface area (TPSA) is 50.4 Å². The second kappa shape index (κ2) is 5.21. The van der Waals surface area contributed by atoms with E-state index in [1.807, 2.05) is 18.2 Å². The molecule has 2 aliphatic rings. The van der Waals surface area contributed by atoms with Gasteiger partial charge in [0.05, 0.1) is 12.1 Å². The van der Waals surface area contributed by atoms with Crippen molar-refractivity contribution in [2.24, 2.45) is 0 Å². The Morgan fingerprint density at radius 3 is 3.16 bits per heavy atom. The second-order valence-corrected chi connectivity index (χ2v) is 5.33. The van der Waals surface area contributed by atoms with Crippen LogP contribution in [0.25, 0.3) is 0 Å². The van der Waals surface area contributed by atoms with Gasteiger partial charge in [-0.25, -0.2) is 0 Å². The highest BCUT2D eigenvalue weighted by Gasteiger charge is 2.28. The molecule has 0 aromatic heterocycles. The molecule has 0 saturated heterocycles. The molecule has 1 aromatic carbocycles. The minimum absolute atomic E-state index is 0.0173. The highest BCUT2D eigenvalue weighted by Crippen LogP contribution is 2.24. The van der Waals surface area contributed by atoms with Gasteiger partial charge in [-0.05, 0) is 49.4 Å². The molecular weight excluding hydrogens is 240 g/mol. The molecule has 1 aromatic rings. The van der Waals surface area contributed by atoms with Crippen molar-refractivity contribution in [2.45, 2.75) is 37.8 Å². The van der Waals surface area contributed by atoms with Crippen molar-refractivity contribution in [3.63, 3.8) is 0 Å². The highest BCUT2D eigenvalue weighted by atomic mass is 16.5. The smallest absolute Gasteiger partial charge is 0.251 e. The van der Waals surface area contributed by atoms with Gasteiger partial charge in [0.1, 0.15) is 0 Å². The van der Waals surface area contributed by atoms with Crippen molar-refractivity contribution >= 4 is 11.6 Å². The van der Waals surface area contributed by atoms with E-state index in [0.717, 1.165) is 43.5 Å². The molecule has 0 spiro atoms. The first-order valence-electron chi connectivity index (χ1n) is 6.98. The van der Waals surface area contributed by atoms with Crippen molar-refractivity contribution in [3.8, 4) is 0 Å². The van der Waals surface area contributed by atoms with Crippen molar-refractivity contribution in [1.82, 2.24) is 5.32 Å². The van der Waals surface area contributed by atoms with Crippen molar-refractivity contribution in [3.05, 3.63) is 29.3 Å². The van der Waals surface area contributed by atoms with E-state index >= 15 is 0 Å². The molecular formula is C15H20N2O2. The maximum absolute atomic E-state index is 12.3. The number of nitrogens with one attached hydrogen (secondary N) is 2. The standard InChI is InChI=1S/C15H20N2O2/c1-19-14-4-2-3-13(14)17-15(18)11-5-6-12-10(9-11)7-8-16-12/h5-6,9,13-14,16H,2-4,7-8H2,1H3,(H,17,18). The Kier molecular flexibility index (Phi) is 3.42. The van der Waals surface area contributed by atoms with Crippen molar-refractivity contribution < 1.29 is 9.53 Å². The molecule has 1 amide bonds. The van der Waals surface area contributed by atoms with Gasteiger partial charge in [-0.3, -0.25) is 4.79 Å². The van der Waals surface area contributed by atoms with Crippen LogP contribution in [0.5, 0.6) is 0 Å². The SMILES string of the molecule is COC1CCCC1NC(=O)c1ccc2c(c1)CCN2. The van der Waals surface area contributed by atoms with Gasteiger partial charge in [0.15, 0.2) is 0 Å². The van der Waals surface area contributed by atoms with Gasteiger partial charge in [-0.15, -0.1) is 0 Å². The van der Waals surface area contributed by atoms with Gasteiger partial charge in [0.2, 0.25) is 0 Å². The summed E-state index contributed by atoms with van der Waals surface area (Å²) in [6.45, 7) is 0.967. The van der Waals surface area contributed by atoms with E-state index < -0.39 is 0 Å². The zero-order chi connectivity index (χ0) is 13.2. The van der Waals surface area contributed by atoms with E-state index in [2.05, 4.69) is 10.6 Å². The van der Waals surface area contributed by atoms with E-state index in [-0.39, 0.29) is 18.1 Å². The lowest BCUT2D eigenvalue weighted by Gasteiger charge is -2.19. The van der Waals surface area contributed by atoms with Crippen LogP contribution in [0.1, 0.15) is 35.2 Å². The maximum Gasteiger partial charge on any atom is 0.251 e. The first-order valence-corrected chi connectivity index (χ1v) is 6.98. The molecule has 2 atom stereocenters. The minimum atomic E-state index is 0.0173. The average molecular weight is 260 g/mol. The quantitative estimate of drug-likeness (QED) is 0.873. The Morgan fingerprint density at radius 2 is 2.32 bits per heavy atom. The van der Waals surface area contributed by atoms with E-state index in [9.17, 15) is 4.79 Å². The van der Waals surface area contributed by atoms with E-state index in [0.29, 0.717) is 0 Å². The molecule has 2 N–H and O–H groups in total. The molecule has 102 valence electrons. The summed E-state index contributed by atoms with van der Waals surface area (Å²) in [5.74, 6) is 0.0173. The zero-order valence-corrected chi connectivity index (χ0v) is 11.2. The molecule has 19 heavy (non-hydrogen) atoms. The number of fused-ring (bicyclic) bond motifs is 1. The normalized spacial score (nSPS) is 24.9. The van der Waals surface area contributed by atoms with Crippen LogP contribution in [0, 0.1) is 0 Å². The third kappa shape index (κ3) is 2.45. The van der Waals surface area contributed by atoms with Crippen LogP contribution >= 0.6 is 0 Å². The third-order valence-electron chi connectivity index (χ3n) is 4.15. The molecule has 0 radical (unpaired) electrons. The minimum Gasteiger partial charge on any atom is -0.384 e.